The van der Waals surface area contributed by atoms with Crippen molar-refractivity contribution in [1.29, 1.82) is 0 Å². The molecule has 2 heterocycles. The van der Waals surface area contributed by atoms with Gasteiger partial charge in [0.1, 0.15) is 22.8 Å². The number of anilines is 2. The Bertz CT molecular complexity index is 1380. The van der Waals surface area contributed by atoms with Gasteiger partial charge >= 0.3 is 12.2 Å². The maximum Gasteiger partial charge on any atom is 0.422 e. The van der Waals surface area contributed by atoms with Crippen molar-refractivity contribution in [3.63, 3.8) is 0 Å². The van der Waals surface area contributed by atoms with Crippen LogP contribution < -0.4 is 30.7 Å². The quantitative estimate of drug-likeness (QED) is 0.232. The summed E-state index contributed by atoms with van der Waals surface area (Å²) in [6.45, 7) is 1.80. The fourth-order valence-corrected chi connectivity index (χ4v) is 4.58. The second-order valence-electron chi connectivity index (χ2n) is 9.29. The molecule has 218 valence electrons. The number of carbonyl (C=O) groups excluding carboxylic acids is 2. The molecule has 3 aromatic rings. The molecule has 1 aromatic heterocycles. The lowest BCUT2D eigenvalue weighted by molar-refractivity contribution is -0.138. The van der Waals surface area contributed by atoms with E-state index < -0.39 is 35.1 Å². The monoisotopic (exact) mass is 591 g/mol. The minimum atomic E-state index is -4.84. The van der Waals surface area contributed by atoms with Gasteiger partial charge in [-0.3, -0.25) is 9.78 Å². The average molecular weight is 592 g/mol. The molecule has 0 saturated carbocycles. The highest BCUT2D eigenvalue weighted by atomic mass is 35.5. The fraction of sp³-hybridized carbons (Fsp3) is 0.321. The van der Waals surface area contributed by atoms with Crippen LogP contribution in [0.4, 0.5) is 29.3 Å². The van der Waals surface area contributed by atoms with Gasteiger partial charge in [0.15, 0.2) is 5.75 Å². The third-order valence-corrected chi connectivity index (χ3v) is 6.69. The largest absolute Gasteiger partial charge is 0.491 e. The van der Waals surface area contributed by atoms with Crippen molar-refractivity contribution in [2.75, 3.05) is 37.4 Å². The SMILES string of the molecule is CNC(=O)c1cc(Oc2cccc(NC(=O)Nc3ccc(Cl)c(OCCC4CCNCC4)c3C(F)(F)F)c2)ccn1. The summed E-state index contributed by atoms with van der Waals surface area (Å²) in [6, 6.07) is 10.6. The summed E-state index contributed by atoms with van der Waals surface area (Å²) >= 11 is 6.11. The van der Waals surface area contributed by atoms with Gasteiger partial charge in [-0.05, 0) is 68.6 Å². The lowest BCUT2D eigenvalue weighted by Gasteiger charge is -2.23. The molecule has 9 nitrogen and oxygen atoms in total. The number of alkyl halides is 3. The standard InChI is InChI=1S/C28H29ClF3N5O4/c1-33-26(38)23-16-20(9-13-35-23)41-19-4-2-3-18(15-19)36-27(39)37-22-6-5-21(29)25(24(22)28(30,31)32)40-14-10-17-7-11-34-12-8-17/h2-6,9,13,15-17,34H,7-8,10-12,14H2,1H3,(H,33,38)(H2,36,37,39). The highest BCUT2D eigenvalue weighted by Crippen LogP contribution is 2.45. The fourth-order valence-electron chi connectivity index (χ4n) is 4.37. The highest BCUT2D eigenvalue weighted by Gasteiger charge is 2.39. The molecule has 0 spiro atoms. The highest BCUT2D eigenvalue weighted by molar-refractivity contribution is 6.32. The van der Waals surface area contributed by atoms with Crippen LogP contribution in [-0.2, 0) is 6.18 Å². The van der Waals surface area contributed by atoms with Gasteiger partial charge < -0.3 is 30.7 Å². The second kappa shape index (κ2) is 13.6. The smallest absolute Gasteiger partial charge is 0.422 e. The second-order valence-corrected chi connectivity index (χ2v) is 9.70. The van der Waals surface area contributed by atoms with Gasteiger partial charge in [0, 0.05) is 31.1 Å². The van der Waals surface area contributed by atoms with E-state index in [1.54, 1.807) is 18.2 Å². The molecule has 1 saturated heterocycles. The summed E-state index contributed by atoms with van der Waals surface area (Å²) < 4.78 is 53.7. The first-order valence-corrected chi connectivity index (χ1v) is 13.3. The van der Waals surface area contributed by atoms with Crippen molar-refractivity contribution >= 4 is 34.9 Å². The van der Waals surface area contributed by atoms with Crippen LogP contribution in [0.3, 0.4) is 0 Å². The minimum Gasteiger partial charge on any atom is -0.491 e. The molecule has 3 amide bonds. The lowest BCUT2D eigenvalue weighted by atomic mass is 9.95. The number of carbonyl (C=O) groups is 2. The van der Waals surface area contributed by atoms with Crippen LogP contribution in [0.25, 0.3) is 0 Å². The summed E-state index contributed by atoms with van der Waals surface area (Å²) in [5.74, 6) is 0.0772. The van der Waals surface area contributed by atoms with E-state index in [0.29, 0.717) is 23.8 Å². The Balaban J connectivity index is 1.45. The number of hydrogen-bond acceptors (Lipinski definition) is 6. The van der Waals surface area contributed by atoms with Crippen LogP contribution in [0.5, 0.6) is 17.2 Å². The number of nitrogens with one attached hydrogen (secondary N) is 4. The van der Waals surface area contributed by atoms with Gasteiger partial charge in [-0.25, -0.2) is 4.79 Å². The molecular weight excluding hydrogens is 563 g/mol. The predicted octanol–water partition coefficient (Wildman–Crippen LogP) is 6.32. The van der Waals surface area contributed by atoms with Crippen LogP contribution in [0.15, 0.2) is 54.7 Å². The van der Waals surface area contributed by atoms with E-state index in [9.17, 15) is 22.8 Å². The summed E-state index contributed by atoms with van der Waals surface area (Å²) in [7, 11) is 1.48. The zero-order valence-electron chi connectivity index (χ0n) is 22.1. The van der Waals surface area contributed by atoms with Crippen molar-refractivity contribution in [3.8, 4) is 17.2 Å². The molecular formula is C28H29ClF3N5O4. The Hall–Kier alpha value is -4.03. The van der Waals surface area contributed by atoms with Gasteiger partial charge in [-0.2, -0.15) is 13.2 Å². The van der Waals surface area contributed by atoms with Crippen molar-refractivity contribution in [1.82, 2.24) is 15.6 Å². The minimum absolute atomic E-state index is 0.0675. The van der Waals surface area contributed by atoms with E-state index in [2.05, 4.69) is 26.3 Å². The third-order valence-electron chi connectivity index (χ3n) is 6.39. The first kappa shape index (κ1) is 29.9. The molecule has 0 atom stereocenters. The molecule has 0 unspecified atom stereocenters. The van der Waals surface area contributed by atoms with Crippen LogP contribution >= 0.6 is 11.6 Å². The van der Waals surface area contributed by atoms with E-state index in [0.717, 1.165) is 32.0 Å². The Morgan fingerprint density at radius 3 is 2.56 bits per heavy atom. The van der Waals surface area contributed by atoms with Gasteiger partial charge in [0.25, 0.3) is 5.91 Å². The van der Waals surface area contributed by atoms with Crippen molar-refractivity contribution < 1.29 is 32.2 Å². The number of urea groups is 1. The molecule has 41 heavy (non-hydrogen) atoms. The number of ether oxygens (including phenoxy) is 2. The molecule has 0 aliphatic carbocycles. The average Bonchev–Trinajstić information content (AvgIpc) is 2.94. The van der Waals surface area contributed by atoms with Crippen LogP contribution in [0.1, 0.15) is 35.3 Å². The van der Waals surface area contributed by atoms with Crippen molar-refractivity contribution in [3.05, 3.63) is 71.0 Å². The van der Waals surface area contributed by atoms with E-state index >= 15 is 0 Å². The normalized spacial score (nSPS) is 13.8. The van der Waals surface area contributed by atoms with Crippen molar-refractivity contribution in [2.45, 2.75) is 25.4 Å². The first-order valence-electron chi connectivity index (χ1n) is 12.9. The molecule has 1 aliphatic heterocycles. The van der Waals surface area contributed by atoms with E-state index in [-0.39, 0.29) is 23.0 Å². The summed E-state index contributed by atoms with van der Waals surface area (Å²) in [6.07, 6.45) is -0.985. The van der Waals surface area contributed by atoms with Gasteiger partial charge in [0.05, 0.1) is 17.3 Å². The molecule has 4 rings (SSSR count). The topological polar surface area (TPSA) is 114 Å². The van der Waals surface area contributed by atoms with Gasteiger partial charge in [-0.1, -0.05) is 17.7 Å². The number of hydrogen-bond donors (Lipinski definition) is 4. The maximum atomic E-state index is 14.1. The number of aromatic nitrogens is 1. The zero-order chi connectivity index (χ0) is 29.4. The van der Waals surface area contributed by atoms with E-state index in [1.165, 1.54) is 37.5 Å². The number of amides is 3. The predicted molar refractivity (Wildman–Crippen MR) is 149 cm³/mol. The Morgan fingerprint density at radius 1 is 1.07 bits per heavy atom. The molecule has 0 radical (unpaired) electrons. The Labute approximate surface area is 239 Å². The van der Waals surface area contributed by atoms with Gasteiger partial charge in [0.2, 0.25) is 0 Å². The van der Waals surface area contributed by atoms with Crippen LogP contribution in [0, 0.1) is 5.92 Å². The number of piperidine rings is 1. The molecule has 13 heteroatoms. The molecule has 0 bridgehead atoms. The molecule has 2 aromatic carbocycles. The summed E-state index contributed by atoms with van der Waals surface area (Å²) in [5, 5.41) is 10.3. The van der Waals surface area contributed by atoms with E-state index in [1.807, 2.05) is 0 Å². The first-order chi connectivity index (χ1) is 19.6. The van der Waals surface area contributed by atoms with Gasteiger partial charge in [-0.15, -0.1) is 0 Å². The molecule has 1 fully saturated rings. The number of benzene rings is 2. The third kappa shape index (κ3) is 8.24. The summed E-state index contributed by atoms with van der Waals surface area (Å²) in [5.41, 5.74) is -1.26. The number of halogens is 4. The van der Waals surface area contributed by atoms with Crippen molar-refractivity contribution in [2.24, 2.45) is 5.92 Å². The number of pyridine rings is 1. The number of nitrogens with zero attached hydrogens (tertiary/aromatic N) is 1. The zero-order valence-corrected chi connectivity index (χ0v) is 22.9. The Kier molecular flexibility index (Phi) is 9.90. The number of rotatable bonds is 9. The van der Waals surface area contributed by atoms with E-state index in [4.69, 9.17) is 21.1 Å². The maximum absolute atomic E-state index is 14.1. The molecule has 1 aliphatic rings. The van der Waals surface area contributed by atoms with Crippen LogP contribution in [0.2, 0.25) is 5.02 Å². The lowest BCUT2D eigenvalue weighted by Crippen LogP contribution is -2.28. The Morgan fingerprint density at radius 2 is 1.83 bits per heavy atom. The molecule has 4 N–H and O–H groups in total. The van der Waals surface area contributed by atoms with Crippen LogP contribution in [-0.4, -0.2) is 43.7 Å². The summed E-state index contributed by atoms with van der Waals surface area (Å²) in [4.78, 5) is 28.5.